The lowest BCUT2D eigenvalue weighted by Crippen LogP contribution is -2.10. The fourth-order valence-electron chi connectivity index (χ4n) is 1.89. The normalized spacial score (nSPS) is 10.3. The molecule has 3 aromatic rings. The Bertz CT molecular complexity index is 618. The summed E-state index contributed by atoms with van der Waals surface area (Å²) in [4.78, 5) is 7.84. The van der Waals surface area contributed by atoms with Gasteiger partial charge in [0.05, 0.1) is 18.7 Å². The molecule has 5 nitrogen and oxygen atoms in total. The smallest absolute Gasteiger partial charge is 0.199 e. The summed E-state index contributed by atoms with van der Waals surface area (Å²) < 4.78 is 15.4. The van der Waals surface area contributed by atoms with Gasteiger partial charge in [-0.1, -0.05) is 104 Å². The number of hydrogen-bond donors (Lipinski definition) is 0. The highest BCUT2D eigenvalue weighted by molar-refractivity contribution is 5.08. The van der Waals surface area contributed by atoms with Crippen LogP contribution in [-0.4, -0.2) is 9.97 Å². The number of aromatic nitrogens is 2. The number of oxazole rings is 2. The predicted octanol–water partition coefficient (Wildman–Crippen LogP) is 9.60. The van der Waals surface area contributed by atoms with Gasteiger partial charge in [-0.2, -0.15) is 0 Å². The molecule has 0 aliphatic heterocycles. The van der Waals surface area contributed by atoms with Gasteiger partial charge in [-0.15, -0.1) is 0 Å². The Morgan fingerprint density at radius 2 is 1.12 bits per heavy atom. The van der Waals surface area contributed by atoms with E-state index in [0.29, 0.717) is 0 Å². The largest absolute Gasteiger partial charge is 0.469 e. The molecule has 3 heterocycles. The summed E-state index contributed by atoms with van der Waals surface area (Å²) >= 11 is 0. The Hall–Kier alpha value is -2.30. The first-order valence-electron chi connectivity index (χ1n) is 12.1. The van der Waals surface area contributed by atoms with E-state index in [1.807, 2.05) is 53.7 Å². The van der Waals surface area contributed by atoms with Gasteiger partial charge in [0.25, 0.3) is 0 Å². The Morgan fingerprint density at radius 3 is 1.30 bits per heavy atom. The van der Waals surface area contributed by atoms with Crippen LogP contribution in [0.5, 0.6) is 0 Å². The van der Waals surface area contributed by atoms with Crippen LogP contribution >= 0.6 is 0 Å². The van der Waals surface area contributed by atoms with Gasteiger partial charge >= 0.3 is 0 Å². The lowest BCUT2D eigenvalue weighted by Gasteiger charge is -2.13. The topological polar surface area (TPSA) is 65.2 Å². The van der Waals surface area contributed by atoms with Crippen molar-refractivity contribution in [3.05, 3.63) is 60.9 Å². The minimum Gasteiger partial charge on any atom is -0.469 e. The van der Waals surface area contributed by atoms with Crippen LogP contribution in [0.25, 0.3) is 0 Å². The van der Waals surface area contributed by atoms with Crippen LogP contribution in [0.3, 0.4) is 0 Å². The second-order valence-electron chi connectivity index (χ2n) is 9.43. The molecule has 0 spiro atoms. The zero-order valence-corrected chi connectivity index (χ0v) is 24.2. The van der Waals surface area contributed by atoms with Crippen LogP contribution in [0.4, 0.5) is 0 Å². The van der Waals surface area contributed by atoms with Crippen molar-refractivity contribution in [1.82, 2.24) is 9.97 Å². The molecule has 0 saturated carbocycles. The molecule has 3 aromatic heterocycles. The maximum absolute atomic E-state index is 5.20. The molecule has 0 saturated heterocycles. The van der Waals surface area contributed by atoms with E-state index in [0.717, 1.165) is 17.4 Å². The van der Waals surface area contributed by atoms with Crippen LogP contribution < -0.4 is 0 Å². The third-order valence-electron chi connectivity index (χ3n) is 3.51. The van der Waals surface area contributed by atoms with Gasteiger partial charge in [0.2, 0.25) is 0 Å². The lowest BCUT2D eigenvalue weighted by atomic mass is 9.94. The van der Waals surface area contributed by atoms with E-state index < -0.39 is 0 Å². The first-order chi connectivity index (χ1) is 15.3. The van der Waals surface area contributed by atoms with Crippen LogP contribution in [0.1, 0.15) is 121 Å². The van der Waals surface area contributed by atoms with Gasteiger partial charge in [0.15, 0.2) is 12.3 Å². The molecule has 33 heavy (non-hydrogen) atoms. The summed E-state index contributed by atoms with van der Waals surface area (Å²) in [6.45, 7) is 30.9. The number of furan rings is 1. The van der Waals surface area contributed by atoms with Gasteiger partial charge in [0, 0.05) is 16.2 Å². The van der Waals surface area contributed by atoms with E-state index in [2.05, 4.69) is 72.3 Å². The average molecular weight is 465 g/mol. The zero-order chi connectivity index (χ0) is 26.7. The highest BCUT2D eigenvalue weighted by atomic mass is 16.3. The van der Waals surface area contributed by atoms with Crippen molar-refractivity contribution >= 4 is 0 Å². The number of rotatable bonds is 0. The van der Waals surface area contributed by atoms with Crippen molar-refractivity contribution in [2.45, 2.75) is 120 Å². The van der Waals surface area contributed by atoms with Crippen molar-refractivity contribution in [3.63, 3.8) is 0 Å². The molecule has 0 atom stereocenters. The highest BCUT2D eigenvalue weighted by Crippen LogP contribution is 2.22. The summed E-state index contributed by atoms with van der Waals surface area (Å²) in [7, 11) is 0. The molecule has 0 aliphatic rings. The molecule has 5 heteroatoms. The fourth-order valence-corrected chi connectivity index (χ4v) is 1.89. The van der Waals surface area contributed by atoms with Crippen LogP contribution in [0.15, 0.2) is 56.7 Å². The van der Waals surface area contributed by atoms with Gasteiger partial charge in [0.1, 0.15) is 17.8 Å². The summed E-state index contributed by atoms with van der Waals surface area (Å²) in [5.41, 5.74) is 0.295. The fraction of sp³-hybridized carbons (Fsp3) is 0.643. The minimum absolute atomic E-state index is 0.0451. The SMILES string of the molecule is CC.CC.CC.CC(C)(C)c1ccco1.CC(C)(C)c1cnco1.CC(C)(C)c1ncco1. The van der Waals surface area contributed by atoms with Crippen molar-refractivity contribution in [3.8, 4) is 0 Å². The summed E-state index contributed by atoms with van der Waals surface area (Å²) in [5.74, 6) is 2.77. The molecule has 0 aromatic carbocycles. The lowest BCUT2D eigenvalue weighted by molar-refractivity contribution is 0.392. The predicted molar refractivity (Wildman–Crippen MR) is 142 cm³/mol. The Morgan fingerprint density at radius 1 is 0.606 bits per heavy atom. The second-order valence-corrected chi connectivity index (χ2v) is 9.43. The molecular weight excluding hydrogens is 412 g/mol. The van der Waals surface area contributed by atoms with Gasteiger partial charge in [-0.25, -0.2) is 9.97 Å². The first kappa shape index (κ1) is 35.3. The Kier molecular flexibility index (Phi) is 19.4. The van der Waals surface area contributed by atoms with Crippen LogP contribution in [-0.2, 0) is 16.2 Å². The quantitative estimate of drug-likeness (QED) is 0.331. The van der Waals surface area contributed by atoms with Crippen LogP contribution in [0.2, 0.25) is 0 Å². The minimum atomic E-state index is 0.0451. The van der Waals surface area contributed by atoms with Crippen molar-refractivity contribution < 1.29 is 13.3 Å². The molecule has 0 fully saturated rings. The molecule has 0 N–H and O–H groups in total. The molecule has 3 rings (SSSR count). The third-order valence-corrected chi connectivity index (χ3v) is 3.51. The number of hydrogen-bond acceptors (Lipinski definition) is 5. The van der Waals surface area contributed by atoms with Crippen molar-refractivity contribution in [2.75, 3.05) is 0 Å². The van der Waals surface area contributed by atoms with Crippen molar-refractivity contribution in [1.29, 1.82) is 0 Å². The molecule has 0 bridgehead atoms. The van der Waals surface area contributed by atoms with E-state index in [1.54, 1.807) is 24.9 Å². The van der Waals surface area contributed by atoms with E-state index in [1.165, 1.54) is 6.39 Å². The number of nitrogens with zero attached hydrogens (tertiary/aromatic N) is 2. The van der Waals surface area contributed by atoms with Crippen molar-refractivity contribution in [2.24, 2.45) is 0 Å². The average Bonchev–Trinajstić information content (AvgIpc) is 3.55. The Labute approximate surface area is 204 Å². The molecule has 192 valence electrons. The third kappa shape index (κ3) is 16.9. The van der Waals surface area contributed by atoms with E-state index in [-0.39, 0.29) is 16.2 Å². The van der Waals surface area contributed by atoms with E-state index in [4.69, 9.17) is 13.3 Å². The van der Waals surface area contributed by atoms with Crippen LogP contribution in [0, 0.1) is 0 Å². The van der Waals surface area contributed by atoms with Gasteiger partial charge in [-0.3, -0.25) is 0 Å². The molecular formula is C28H52N2O3. The summed E-state index contributed by atoms with van der Waals surface area (Å²) in [6.07, 6.45) is 8.18. The van der Waals surface area contributed by atoms with Gasteiger partial charge in [-0.05, 0) is 12.1 Å². The molecule has 0 radical (unpaired) electrons. The van der Waals surface area contributed by atoms with Gasteiger partial charge < -0.3 is 13.3 Å². The maximum atomic E-state index is 5.20. The molecule has 0 aliphatic carbocycles. The zero-order valence-electron chi connectivity index (χ0n) is 24.2. The first-order valence-corrected chi connectivity index (χ1v) is 12.1. The summed E-state index contributed by atoms with van der Waals surface area (Å²) in [5, 5.41) is 0. The van der Waals surface area contributed by atoms with E-state index >= 15 is 0 Å². The summed E-state index contributed by atoms with van der Waals surface area (Å²) in [6, 6.07) is 3.92. The molecule has 0 amide bonds. The monoisotopic (exact) mass is 464 g/mol. The van der Waals surface area contributed by atoms with E-state index in [9.17, 15) is 0 Å². The Balaban J connectivity index is -0.000000367. The molecule has 0 unspecified atom stereocenters. The standard InChI is InChI=1S/C8H12O.2C7H11NO.3C2H6/c1-8(2,3)7-5-4-6-9-7;1-7(2,3)6-4-8-5-9-6;1-7(2,3)6-8-4-5-9-6;3*1-2/h4-6H,1-3H3;2*4-5H,1-3H3;3*1-2H3. The second kappa shape index (κ2) is 18.2. The maximum Gasteiger partial charge on any atom is 0.199 e. The highest BCUT2D eigenvalue weighted by Gasteiger charge is 2.18.